The maximum atomic E-state index is 10.5. The fourth-order valence-electron chi connectivity index (χ4n) is 1.29. The lowest BCUT2D eigenvalue weighted by atomic mass is 10.1. The van der Waals surface area contributed by atoms with Crippen LogP contribution in [0.5, 0.6) is 0 Å². The van der Waals surface area contributed by atoms with E-state index < -0.39 is 19.3 Å². The van der Waals surface area contributed by atoms with Gasteiger partial charge in [-0.1, -0.05) is 0 Å². The molecule has 0 fully saturated rings. The minimum atomic E-state index is -1.82. The van der Waals surface area contributed by atoms with E-state index in [0.717, 1.165) is 0 Å². The van der Waals surface area contributed by atoms with Gasteiger partial charge in [-0.05, 0) is 37.3 Å². The van der Waals surface area contributed by atoms with E-state index in [1.54, 1.807) is 12.1 Å². The first-order chi connectivity index (χ1) is 7.83. The summed E-state index contributed by atoms with van der Waals surface area (Å²) in [5.74, 6) is 0. The monoisotopic (exact) mass is 250 g/mol. The lowest BCUT2D eigenvalue weighted by Gasteiger charge is -2.21. The van der Waals surface area contributed by atoms with E-state index in [0.29, 0.717) is 5.56 Å². The van der Waals surface area contributed by atoms with Crippen molar-refractivity contribution in [1.29, 1.82) is 5.26 Å². The Hall–Kier alpha value is -1.71. The smallest absolute Gasteiger partial charge is 0.269 e. The molecule has 0 aromatic heterocycles. The van der Waals surface area contributed by atoms with Crippen LogP contribution < -0.4 is 0 Å². The Kier molecular flexibility index (Phi) is 3.99. The number of hydrogen-bond donors (Lipinski definition) is 0. The van der Waals surface area contributed by atoms with Crippen LogP contribution in [-0.4, -0.2) is 13.2 Å². The van der Waals surface area contributed by atoms with Crippen LogP contribution in [0.2, 0.25) is 19.6 Å². The summed E-state index contributed by atoms with van der Waals surface area (Å²) in [6, 6.07) is 7.95. The molecule has 5 nitrogen and oxygen atoms in total. The molecular weight excluding hydrogens is 236 g/mol. The largest absolute Gasteiger partial charge is 0.399 e. The predicted octanol–water partition coefficient (Wildman–Crippen LogP) is 3.01. The van der Waals surface area contributed by atoms with Crippen molar-refractivity contribution >= 4 is 14.0 Å². The highest BCUT2D eigenvalue weighted by atomic mass is 28.4. The molecule has 0 heterocycles. The van der Waals surface area contributed by atoms with Crippen molar-refractivity contribution in [3.05, 3.63) is 39.9 Å². The summed E-state index contributed by atoms with van der Waals surface area (Å²) < 4.78 is 5.68. The number of nitrogens with zero attached hydrogens (tertiary/aromatic N) is 2. The molecule has 1 aromatic rings. The topological polar surface area (TPSA) is 76.2 Å². The van der Waals surface area contributed by atoms with Crippen molar-refractivity contribution < 1.29 is 9.35 Å². The normalized spacial score (nSPS) is 12.8. The van der Waals surface area contributed by atoms with Crippen LogP contribution in [0.15, 0.2) is 24.3 Å². The van der Waals surface area contributed by atoms with Gasteiger partial charge in [-0.3, -0.25) is 10.1 Å². The minimum absolute atomic E-state index is 0.0124. The zero-order valence-electron chi connectivity index (χ0n) is 10.0. The van der Waals surface area contributed by atoms with E-state index >= 15 is 0 Å². The van der Waals surface area contributed by atoms with Crippen molar-refractivity contribution in [1.82, 2.24) is 0 Å². The van der Waals surface area contributed by atoms with Crippen molar-refractivity contribution in [2.75, 3.05) is 0 Å². The summed E-state index contributed by atoms with van der Waals surface area (Å²) in [6.07, 6.45) is -0.650. The zero-order chi connectivity index (χ0) is 13.1. The maximum Gasteiger partial charge on any atom is 0.269 e. The molecule has 0 aliphatic carbocycles. The average Bonchev–Trinajstić information content (AvgIpc) is 2.25. The standard InChI is InChI=1S/C11H14N2O3Si/c1-17(2,3)16-11(8-12)9-4-6-10(7-5-9)13(14)15/h4-7,11H,1-3H3/t11-/m0/s1. The Balaban J connectivity index is 2.91. The Morgan fingerprint density at radius 2 is 1.88 bits per heavy atom. The van der Waals surface area contributed by atoms with E-state index in [4.69, 9.17) is 9.69 Å². The maximum absolute atomic E-state index is 10.5. The molecule has 17 heavy (non-hydrogen) atoms. The van der Waals surface area contributed by atoms with Gasteiger partial charge in [0.05, 0.1) is 11.0 Å². The molecular formula is C11H14N2O3Si. The van der Waals surface area contributed by atoms with E-state index in [1.165, 1.54) is 12.1 Å². The van der Waals surface area contributed by atoms with Gasteiger partial charge < -0.3 is 4.43 Å². The molecule has 0 aliphatic rings. The first-order valence-corrected chi connectivity index (χ1v) is 8.56. The van der Waals surface area contributed by atoms with Gasteiger partial charge in [0, 0.05) is 12.1 Å². The van der Waals surface area contributed by atoms with Gasteiger partial charge in [0.2, 0.25) is 0 Å². The molecule has 0 bridgehead atoms. The highest BCUT2D eigenvalue weighted by Crippen LogP contribution is 2.23. The van der Waals surface area contributed by atoms with Gasteiger partial charge in [-0.15, -0.1) is 0 Å². The highest BCUT2D eigenvalue weighted by Gasteiger charge is 2.22. The molecule has 0 aliphatic heterocycles. The second-order valence-corrected chi connectivity index (χ2v) is 9.05. The Morgan fingerprint density at radius 1 is 1.35 bits per heavy atom. The van der Waals surface area contributed by atoms with Crippen molar-refractivity contribution in [2.24, 2.45) is 0 Å². The third-order valence-electron chi connectivity index (χ3n) is 2.00. The van der Waals surface area contributed by atoms with Gasteiger partial charge in [0.25, 0.3) is 5.69 Å². The molecule has 1 rings (SSSR count). The number of hydrogen-bond acceptors (Lipinski definition) is 4. The van der Waals surface area contributed by atoms with Gasteiger partial charge in [-0.2, -0.15) is 5.26 Å². The lowest BCUT2D eigenvalue weighted by Crippen LogP contribution is -2.27. The number of non-ortho nitro benzene ring substituents is 1. The van der Waals surface area contributed by atoms with E-state index in [-0.39, 0.29) is 5.69 Å². The van der Waals surface area contributed by atoms with Crippen LogP contribution >= 0.6 is 0 Å². The second-order valence-electron chi connectivity index (χ2n) is 4.59. The molecule has 1 atom stereocenters. The third-order valence-corrected chi connectivity index (χ3v) is 2.94. The van der Waals surface area contributed by atoms with Crippen molar-refractivity contribution in [3.8, 4) is 6.07 Å². The van der Waals surface area contributed by atoms with E-state index in [1.807, 2.05) is 19.6 Å². The number of rotatable bonds is 4. The number of nitriles is 1. The van der Waals surface area contributed by atoms with E-state index in [2.05, 4.69) is 6.07 Å². The van der Waals surface area contributed by atoms with Crippen LogP contribution in [0.25, 0.3) is 0 Å². The Labute approximate surface area is 101 Å². The molecule has 0 saturated carbocycles. The Morgan fingerprint density at radius 3 is 2.24 bits per heavy atom. The van der Waals surface area contributed by atoms with Gasteiger partial charge >= 0.3 is 0 Å². The quantitative estimate of drug-likeness (QED) is 0.467. The molecule has 1 aromatic carbocycles. The van der Waals surface area contributed by atoms with Crippen LogP contribution in [-0.2, 0) is 4.43 Å². The molecule has 0 N–H and O–H groups in total. The summed E-state index contributed by atoms with van der Waals surface area (Å²) in [4.78, 5) is 10.0. The fourth-order valence-corrected chi connectivity index (χ4v) is 2.19. The number of benzene rings is 1. The van der Waals surface area contributed by atoms with Gasteiger partial charge in [0.1, 0.15) is 0 Å². The molecule has 0 unspecified atom stereocenters. The zero-order valence-corrected chi connectivity index (χ0v) is 11.0. The summed E-state index contributed by atoms with van der Waals surface area (Å²) >= 11 is 0. The predicted molar refractivity (Wildman–Crippen MR) is 65.9 cm³/mol. The van der Waals surface area contributed by atoms with E-state index in [9.17, 15) is 10.1 Å². The van der Waals surface area contributed by atoms with Gasteiger partial charge in [-0.25, -0.2) is 0 Å². The van der Waals surface area contributed by atoms with Crippen molar-refractivity contribution in [2.45, 2.75) is 25.7 Å². The highest BCUT2D eigenvalue weighted by molar-refractivity contribution is 6.69. The SMILES string of the molecule is C[Si](C)(C)O[C@@H](C#N)c1ccc([N+](=O)[O-])cc1. The van der Waals surface area contributed by atoms with Gasteiger partial charge in [0.15, 0.2) is 14.4 Å². The first-order valence-electron chi connectivity index (χ1n) is 5.15. The first kappa shape index (κ1) is 13.4. The van der Waals surface area contributed by atoms with Crippen molar-refractivity contribution in [3.63, 3.8) is 0 Å². The summed E-state index contributed by atoms with van der Waals surface area (Å²) in [5.41, 5.74) is 0.666. The second kappa shape index (κ2) is 5.08. The lowest BCUT2D eigenvalue weighted by molar-refractivity contribution is -0.384. The average molecular weight is 250 g/mol. The Bertz CT molecular complexity index is 445. The molecule has 90 valence electrons. The number of nitro groups is 1. The molecule has 0 spiro atoms. The van der Waals surface area contributed by atoms with Crippen LogP contribution in [0.4, 0.5) is 5.69 Å². The molecule has 0 saturated heterocycles. The van der Waals surface area contributed by atoms with Crippen LogP contribution in [0.1, 0.15) is 11.7 Å². The fraction of sp³-hybridized carbons (Fsp3) is 0.364. The molecule has 0 radical (unpaired) electrons. The van der Waals surface area contributed by atoms with Crippen LogP contribution in [0, 0.1) is 21.4 Å². The van der Waals surface area contributed by atoms with Crippen LogP contribution in [0.3, 0.4) is 0 Å². The summed E-state index contributed by atoms with van der Waals surface area (Å²) in [6.45, 7) is 5.97. The number of nitro benzene ring substituents is 1. The summed E-state index contributed by atoms with van der Waals surface area (Å²) in [7, 11) is -1.82. The third kappa shape index (κ3) is 3.98. The molecule has 0 amide bonds. The molecule has 6 heteroatoms. The summed E-state index contributed by atoms with van der Waals surface area (Å²) in [5, 5.41) is 19.5. The minimum Gasteiger partial charge on any atom is -0.399 e.